The third kappa shape index (κ3) is 5.43. The van der Waals surface area contributed by atoms with Gasteiger partial charge in [-0.05, 0) is 42.8 Å². The first kappa shape index (κ1) is 27.7. The average Bonchev–Trinajstić information content (AvgIpc) is 3.59. The molecule has 6 rings (SSSR count). The Morgan fingerprint density at radius 1 is 1.05 bits per heavy atom. The summed E-state index contributed by atoms with van der Waals surface area (Å²) in [5.41, 5.74) is 2.26. The maximum absolute atomic E-state index is 16.3. The molecule has 1 aromatic carbocycles. The van der Waals surface area contributed by atoms with Gasteiger partial charge in [0.05, 0.1) is 17.9 Å². The van der Waals surface area contributed by atoms with Gasteiger partial charge in [-0.25, -0.2) is 23.6 Å². The first-order valence-corrected chi connectivity index (χ1v) is 14.9. The summed E-state index contributed by atoms with van der Waals surface area (Å²) in [6.45, 7) is 3.37. The zero-order valence-corrected chi connectivity index (χ0v) is 23.4. The van der Waals surface area contributed by atoms with Crippen LogP contribution >= 0.6 is 11.6 Å². The van der Waals surface area contributed by atoms with Gasteiger partial charge in [0.2, 0.25) is 0 Å². The van der Waals surface area contributed by atoms with Gasteiger partial charge in [-0.15, -0.1) is 0 Å². The number of benzene rings is 1. The van der Waals surface area contributed by atoms with Crippen molar-refractivity contribution in [2.45, 2.75) is 18.6 Å². The summed E-state index contributed by atoms with van der Waals surface area (Å²) < 4.78 is 58.0. The van der Waals surface area contributed by atoms with E-state index < -0.39 is 28.2 Å². The topological polar surface area (TPSA) is 122 Å². The molecule has 14 heteroatoms. The summed E-state index contributed by atoms with van der Waals surface area (Å²) in [5.74, 6) is -0.303. The summed E-state index contributed by atoms with van der Waals surface area (Å²) in [6.07, 6.45) is 4.81. The number of aromatic nitrogens is 4. The van der Waals surface area contributed by atoms with Crippen molar-refractivity contribution < 1.29 is 17.2 Å². The second kappa shape index (κ2) is 11.1. The Kier molecular flexibility index (Phi) is 7.47. The third-order valence-corrected chi connectivity index (χ3v) is 8.68. The second-order valence-corrected chi connectivity index (χ2v) is 11.9. The van der Waals surface area contributed by atoms with Crippen LogP contribution in [-0.2, 0) is 10.2 Å². The molecular weight excluding hydrogens is 574 g/mol. The van der Waals surface area contributed by atoms with Crippen molar-refractivity contribution in [1.82, 2.24) is 29.4 Å². The molecule has 2 unspecified atom stereocenters. The molecule has 2 fully saturated rings. The lowest BCUT2D eigenvalue weighted by Gasteiger charge is -2.29. The van der Waals surface area contributed by atoms with E-state index >= 15 is 8.78 Å². The molecule has 2 aliphatic rings. The first-order chi connectivity index (χ1) is 19.7. The van der Waals surface area contributed by atoms with Gasteiger partial charge in [-0.1, -0.05) is 11.6 Å². The number of halogens is 3. The predicted octanol–water partition coefficient (Wildman–Crippen LogP) is 3.49. The fourth-order valence-electron chi connectivity index (χ4n) is 5.42. The van der Waals surface area contributed by atoms with Crippen LogP contribution in [-0.4, -0.2) is 71.4 Å². The van der Waals surface area contributed by atoms with Gasteiger partial charge < -0.3 is 10.2 Å². The van der Waals surface area contributed by atoms with E-state index in [0.29, 0.717) is 22.6 Å². The standard InChI is InChI=1S/C27H27ClF2N8O2S/c28-18-13-20(25(30)21(14-18)27-23(29)5-10-38(27)41(31,39)40)22-16-37(35-26(22)17-3-6-32-7-4-17)24-2-1-19(15-34-24)36-11-8-33-9-12-36/h1-4,6-7,13-16,23,27,33H,5,8-12H2,(H2,31,39,40). The van der Waals surface area contributed by atoms with Gasteiger partial charge in [0.15, 0.2) is 5.82 Å². The summed E-state index contributed by atoms with van der Waals surface area (Å²) in [5, 5.41) is 13.5. The zero-order valence-electron chi connectivity index (χ0n) is 21.8. The minimum absolute atomic E-state index is 0.0384. The van der Waals surface area contributed by atoms with Crippen molar-refractivity contribution in [3.05, 3.63) is 77.6 Å². The van der Waals surface area contributed by atoms with Crippen molar-refractivity contribution in [1.29, 1.82) is 0 Å². The van der Waals surface area contributed by atoms with E-state index in [1.807, 2.05) is 12.1 Å². The fraction of sp³-hybridized carbons (Fsp3) is 0.296. The Labute approximate surface area is 240 Å². The number of nitrogens with two attached hydrogens (primary N) is 1. The van der Waals surface area contributed by atoms with Gasteiger partial charge in [0, 0.05) is 78.6 Å². The SMILES string of the molecule is NS(=O)(=O)N1CCC(F)C1c1cc(Cl)cc(-c2cn(-c3ccc(N4CCNCC4)cn3)nc2-c2ccncc2)c1F. The normalized spacial score (nSPS) is 20.0. The van der Waals surface area contributed by atoms with Gasteiger partial charge in [-0.3, -0.25) is 4.98 Å². The molecular formula is C27H27ClF2N8O2S. The number of nitrogens with one attached hydrogen (secondary N) is 1. The van der Waals surface area contributed by atoms with E-state index in [1.54, 1.807) is 36.9 Å². The predicted molar refractivity (Wildman–Crippen MR) is 152 cm³/mol. The first-order valence-electron chi connectivity index (χ1n) is 13.1. The molecule has 214 valence electrons. The molecule has 4 aromatic rings. The zero-order chi connectivity index (χ0) is 28.7. The number of nitrogens with zero attached hydrogens (tertiary/aromatic N) is 6. The van der Waals surface area contributed by atoms with Crippen LogP contribution in [0.5, 0.6) is 0 Å². The number of hydrogen-bond donors (Lipinski definition) is 2. The highest BCUT2D eigenvalue weighted by atomic mass is 35.5. The summed E-state index contributed by atoms with van der Waals surface area (Å²) in [4.78, 5) is 10.9. The molecule has 5 heterocycles. The molecule has 2 aliphatic heterocycles. The van der Waals surface area contributed by atoms with E-state index in [9.17, 15) is 8.42 Å². The number of anilines is 1. The highest BCUT2D eigenvalue weighted by Gasteiger charge is 2.43. The molecule has 0 amide bonds. The molecule has 0 radical (unpaired) electrons. The smallest absolute Gasteiger partial charge is 0.277 e. The Balaban J connectivity index is 1.46. The minimum atomic E-state index is -4.29. The van der Waals surface area contributed by atoms with E-state index in [-0.39, 0.29) is 29.1 Å². The highest BCUT2D eigenvalue weighted by molar-refractivity contribution is 7.86. The van der Waals surface area contributed by atoms with Gasteiger partial charge in [0.25, 0.3) is 10.2 Å². The molecule has 0 bridgehead atoms. The lowest BCUT2D eigenvalue weighted by atomic mass is 9.95. The molecule has 2 atom stereocenters. The Morgan fingerprint density at radius 2 is 1.80 bits per heavy atom. The number of hydrogen-bond acceptors (Lipinski definition) is 7. The largest absolute Gasteiger partial charge is 0.368 e. The van der Waals surface area contributed by atoms with Crippen LogP contribution in [0.25, 0.3) is 28.2 Å². The monoisotopic (exact) mass is 600 g/mol. The Hall–Kier alpha value is -3.49. The number of rotatable bonds is 6. The van der Waals surface area contributed by atoms with Crippen molar-refractivity contribution in [3.8, 4) is 28.2 Å². The summed E-state index contributed by atoms with van der Waals surface area (Å²) in [7, 11) is -4.29. The fourth-order valence-corrected chi connectivity index (χ4v) is 6.57. The quantitative estimate of drug-likeness (QED) is 0.347. The summed E-state index contributed by atoms with van der Waals surface area (Å²) >= 11 is 6.43. The van der Waals surface area contributed by atoms with E-state index in [1.165, 1.54) is 16.8 Å². The van der Waals surface area contributed by atoms with Crippen LogP contribution in [0.3, 0.4) is 0 Å². The molecule has 41 heavy (non-hydrogen) atoms. The Bertz CT molecular complexity index is 1660. The molecule has 3 aromatic heterocycles. The van der Waals surface area contributed by atoms with E-state index in [4.69, 9.17) is 21.8 Å². The van der Waals surface area contributed by atoms with Gasteiger partial charge in [0.1, 0.15) is 17.7 Å². The lowest BCUT2D eigenvalue weighted by molar-refractivity contribution is 0.257. The number of piperazine rings is 1. The molecule has 0 aliphatic carbocycles. The van der Waals surface area contributed by atoms with Crippen molar-refractivity contribution in [2.24, 2.45) is 5.14 Å². The van der Waals surface area contributed by atoms with Crippen LogP contribution in [0.15, 0.2) is 61.2 Å². The van der Waals surface area contributed by atoms with Crippen LogP contribution in [0.2, 0.25) is 5.02 Å². The van der Waals surface area contributed by atoms with Crippen molar-refractivity contribution in [2.75, 3.05) is 37.6 Å². The van der Waals surface area contributed by atoms with Crippen LogP contribution < -0.4 is 15.4 Å². The molecule has 3 N–H and O–H groups in total. The minimum Gasteiger partial charge on any atom is -0.368 e. The molecule has 0 spiro atoms. The van der Waals surface area contributed by atoms with Gasteiger partial charge in [-0.2, -0.15) is 17.8 Å². The summed E-state index contributed by atoms with van der Waals surface area (Å²) in [6, 6.07) is 8.48. The van der Waals surface area contributed by atoms with Crippen molar-refractivity contribution >= 4 is 27.5 Å². The van der Waals surface area contributed by atoms with Crippen LogP contribution in [0.4, 0.5) is 14.5 Å². The van der Waals surface area contributed by atoms with E-state index in [2.05, 4.69) is 20.2 Å². The van der Waals surface area contributed by atoms with E-state index in [0.717, 1.165) is 36.2 Å². The molecule has 0 saturated carbocycles. The molecule has 2 saturated heterocycles. The lowest BCUT2D eigenvalue weighted by Crippen LogP contribution is -2.43. The number of pyridine rings is 2. The maximum Gasteiger partial charge on any atom is 0.277 e. The van der Waals surface area contributed by atoms with Gasteiger partial charge >= 0.3 is 0 Å². The maximum atomic E-state index is 16.3. The van der Waals surface area contributed by atoms with Crippen LogP contribution in [0, 0.1) is 5.82 Å². The second-order valence-electron chi connectivity index (χ2n) is 9.95. The highest BCUT2D eigenvalue weighted by Crippen LogP contribution is 2.42. The number of alkyl halides is 1. The van der Waals surface area contributed by atoms with Crippen LogP contribution in [0.1, 0.15) is 18.0 Å². The van der Waals surface area contributed by atoms with Crippen molar-refractivity contribution in [3.63, 3.8) is 0 Å². The average molecular weight is 601 g/mol. The Morgan fingerprint density at radius 3 is 2.49 bits per heavy atom. The molecule has 10 nitrogen and oxygen atoms in total. The third-order valence-electron chi connectivity index (χ3n) is 7.40.